The maximum absolute atomic E-state index is 11.7. The zero-order valence-electron chi connectivity index (χ0n) is 13.3. The summed E-state index contributed by atoms with van der Waals surface area (Å²) in [5, 5.41) is 10.0. The Morgan fingerprint density at radius 3 is 3.04 bits per heavy atom. The molecule has 7 nitrogen and oxygen atoms in total. The molecule has 0 spiro atoms. The van der Waals surface area contributed by atoms with Crippen LogP contribution in [0.1, 0.15) is 38.8 Å². The van der Waals surface area contributed by atoms with Gasteiger partial charge in [0.25, 0.3) is 5.56 Å². The Kier molecular flexibility index (Phi) is 6.76. The van der Waals surface area contributed by atoms with Crippen LogP contribution in [0, 0.1) is 0 Å². The number of nitrogens with zero attached hydrogens (tertiary/aromatic N) is 1. The second-order valence-corrected chi connectivity index (χ2v) is 5.59. The van der Waals surface area contributed by atoms with Gasteiger partial charge in [-0.2, -0.15) is 0 Å². The van der Waals surface area contributed by atoms with Crippen LogP contribution in [0.4, 0.5) is 0 Å². The molecule has 2 N–H and O–H groups in total. The van der Waals surface area contributed by atoms with Gasteiger partial charge >= 0.3 is 5.69 Å². The van der Waals surface area contributed by atoms with Gasteiger partial charge in [-0.1, -0.05) is 12.2 Å². The van der Waals surface area contributed by atoms with Crippen molar-refractivity contribution in [2.24, 2.45) is 0 Å². The van der Waals surface area contributed by atoms with E-state index in [1.54, 1.807) is 0 Å². The Balaban J connectivity index is 1.77. The number of aromatic amines is 1. The van der Waals surface area contributed by atoms with E-state index in [9.17, 15) is 14.7 Å². The quantitative estimate of drug-likeness (QED) is 0.548. The number of hydrogen-bond acceptors (Lipinski definition) is 5. The monoisotopic (exact) mass is 324 g/mol. The van der Waals surface area contributed by atoms with E-state index in [1.807, 2.05) is 13.0 Å². The molecular weight excluding hydrogens is 300 g/mol. The lowest BCUT2D eigenvalue weighted by atomic mass is 10.2. The lowest BCUT2D eigenvalue weighted by Crippen LogP contribution is -2.31. The van der Waals surface area contributed by atoms with Gasteiger partial charge in [-0.15, -0.1) is 0 Å². The molecule has 1 aromatic rings. The lowest BCUT2D eigenvalue weighted by molar-refractivity contribution is -0.0637. The number of hydrogen-bond donors (Lipinski definition) is 2. The van der Waals surface area contributed by atoms with Gasteiger partial charge in [0.1, 0.15) is 12.3 Å². The number of unbranched alkanes of at least 4 members (excludes halogenated alkanes) is 2. The SMILES string of the molecule is CC=CCCCCOC[C@H]1O[C@@H](n2ccc(=O)[nH]c2=O)C[C@@H]1O. The molecule has 0 amide bonds. The summed E-state index contributed by atoms with van der Waals surface area (Å²) in [4.78, 5) is 25.0. The summed E-state index contributed by atoms with van der Waals surface area (Å²) in [6.45, 7) is 2.91. The molecule has 7 heteroatoms. The number of aliphatic hydroxyl groups excluding tert-OH is 1. The summed E-state index contributed by atoms with van der Waals surface area (Å²) >= 11 is 0. The van der Waals surface area contributed by atoms with Crippen LogP contribution < -0.4 is 11.2 Å². The average molecular weight is 324 g/mol. The van der Waals surface area contributed by atoms with E-state index in [0.29, 0.717) is 19.6 Å². The van der Waals surface area contributed by atoms with Crippen LogP contribution >= 0.6 is 0 Å². The van der Waals surface area contributed by atoms with Crippen molar-refractivity contribution in [2.75, 3.05) is 13.2 Å². The second kappa shape index (κ2) is 8.81. The third-order valence-corrected chi connectivity index (χ3v) is 3.79. The van der Waals surface area contributed by atoms with Crippen molar-refractivity contribution >= 4 is 0 Å². The van der Waals surface area contributed by atoms with Crippen LogP contribution in [0.5, 0.6) is 0 Å². The molecule has 3 atom stereocenters. The van der Waals surface area contributed by atoms with Gasteiger partial charge < -0.3 is 14.6 Å². The van der Waals surface area contributed by atoms with E-state index in [2.05, 4.69) is 11.1 Å². The number of aliphatic hydroxyl groups is 1. The van der Waals surface area contributed by atoms with Crippen LogP contribution in [-0.2, 0) is 9.47 Å². The molecule has 0 saturated carbocycles. The van der Waals surface area contributed by atoms with Gasteiger partial charge in [-0.3, -0.25) is 14.3 Å². The van der Waals surface area contributed by atoms with E-state index in [1.165, 1.54) is 16.8 Å². The van der Waals surface area contributed by atoms with Crippen LogP contribution in [-0.4, -0.2) is 40.1 Å². The Morgan fingerprint density at radius 2 is 2.30 bits per heavy atom. The average Bonchev–Trinajstić information content (AvgIpc) is 2.87. The highest BCUT2D eigenvalue weighted by Gasteiger charge is 2.35. The molecule has 1 aliphatic rings. The van der Waals surface area contributed by atoms with E-state index < -0.39 is 29.7 Å². The fraction of sp³-hybridized carbons (Fsp3) is 0.625. The molecular formula is C16H24N2O5. The smallest absolute Gasteiger partial charge is 0.330 e. The normalized spacial score (nSPS) is 24.5. The molecule has 0 bridgehead atoms. The summed E-state index contributed by atoms with van der Waals surface area (Å²) in [5.74, 6) is 0. The van der Waals surface area contributed by atoms with Crippen molar-refractivity contribution in [2.45, 2.75) is 51.0 Å². The third kappa shape index (κ3) is 5.16. The minimum absolute atomic E-state index is 0.291. The van der Waals surface area contributed by atoms with Gasteiger partial charge in [0.05, 0.1) is 12.7 Å². The molecule has 0 radical (unpaired) electrons. The van der Waals surface area contributed by atoms with E-state index in [-0.39, 0.29) is 0 Å². The first-order chi connectivity index (χ1) is 11.1. The zero-order chi connectivity index (χ0) is 16.7. The lowest BCUT2D eigenvalue weighted by Gasteiger charge is -2.16. The van der Waals surface area contributed by atoms with Crippen LogP contribution in [0.25, 0.3) is 0 Å². The molecule has 2 rings (SSSR count). The first-order valence-electron chi connectivity index (χ1n) is 7.95. The van der Waals surface area contributed by atoms with Crippen LogP contribution in [0.15, 0.2) is 34.0 Å². The summed E-state index contributed by atoms with van der Waals surface area (Å²) in [5.41, 5.74) is -0.997. The second-order valence-electron chi connectivity index (χ2n) is 5.59. The number of rotatable bonds is 8. The Labute approximate surface area is 134 Å². The number of allylic oxidation sites excluding steroid dienone is 2. The van der Waals surface area contributed by atoms with Crippen molar-refractivity contribution in [3.63, 3.8) is 0 Å². The molecule has 1 saturated heterocycles. The van der Waals surface area contributed by atoms with Gasteiger partial charge in [-0.05, 0) is 26.2 Å². The summed E-state index contributed by atoms with van der Waals surface area (Å²) in [6, 6.07) is 1.26. The van der Waals surface area contributed by atoms with Crippen molar-refractivity contribution in [1.82, 2.24) is 9.55 Å². The minimum atomic E-state index is -0.693. The molecule has 0 unspecified atom stereocenters. The van der Waals surface area contributed by atoms with Gasteiger partial charge in [0, 0.05) is 25.3 Å². The Bertz CT molecular complexity index is 621. The molecule has 0 aliphatic carbocycles. The summed E-state index contributed by atoms with van der Waals surface area (Å²) in [6.07, 6.45) is 7.14. The number of aromatic nitrogens is 2. The van der Waals surface area contributed by atoms with Crippen LogP contribution in [0.2, 0.25) is 0 Å². The third-order valence-electron chi connectivity index (χ3n) is 3.79. The maximum Gasteiger partial charge on any atom is 0.330 e. The zero-order valence-corrected chi connectivity index (χ0v) is 13.3. The van der Waals surface area contributed by atoms with Gasteiger partial charge in [0.2, 0.25) is 0 Å². The molecule has 1 aliphatic heterocycles. The van der Waals surface area contributed by atoms with E-state index >= 15 is 0 Å². The molecule has 23 heavy (non-hydrogen) atoms. The molecule has 128 valence electrons. The summed E-state index contributed by atoms with van der Waals surface area (Å²) < 4.78 is 12.5. The highest BCUT2D eigenvalue weighted by molar-refractivity contribution is 4.88. The molecule has 2 heterocycles. The maximum atomic E-state index is 11.7. The summed E-state index contributed by atoms with van der Waals surface area (Å²) in [7, 11) is 0. The first kappa shape index (κ1) is 17.7. The predicted octanol–water partition coefficient (Wildman–Crippen LogP) is 0.948. The van der Waals surface area contributed by atoms with Gasteiger partial charge in [0.15, 0.2) is 0 Å². The van der Waals surface area contributed by atoms with Gasteiger partial charge in [-0.25, -0.2) is 4.79 Å². The number of H-pyrrole nitrogens is 1. The fourth-order valence-corrected chi connectivity index (χ4v) is 2.52. The molecule has 1 aromatic heterocycles. The van der Waals surface area contributed by atoms with Crippen molar-refractivity contribution < 1.29 is 14.6 Å². The number of nitrogens with one attached hydrogen (secondary N) is 1. The number of ether oxygens (including phenoxy) is 2. The van der Waals surface area contributed by atoms with E-state index in [4.69, 9.17) is 9.47 Å². The minimum Gasteiger partial charge on any atom is -0.390 e. The van der Waals surface area contributed by atoms with E-state index in [0.717, 1.165) is 19.3 Å². The molecule has 0 aromatic carbocycles. The van der Waals surface area contributed by atoms with Crippen molar-refractivity contribution in [1.29, 1.82) is 0 Å². The topological polar surface area (TPSA) is 93.5 Å². The molecule has 1 fully saturated rings. The Morgan fingerprint density at radius 1 is 1.48 bits per heavy atom. The predicted molar refractivity (Wildman–Crippen MR) is 85.3 cm³/mol. The largest absolute Gasteiger partial charge is 0.390 e. The first-order valence-corrected chi connectivity index (χ1v) is 7.95. The van der Waals surface area contributed by atoms with Crippen molar-refractivity contribution in [3.05, 3.63) is 45.3 Å². The standard InChI is InChI=1S/C16H24N2O5/c1-2-3-4-5-6-9-22-11-13-12(19)10-15(23-13)18-8-7-14(20)17-16(18)21/h2-3,7-8,12-13,15,19H,4-6,9-11H2,1H3,(H,17,20,21)/t12-,13+,15+/m0/s1. The van der Waals surface area contributed by atoms with Crippen LogP contribution in [0.3, 0.4) is 0 Å². The highest BCUT2D eigenvalue weighted by Crippen LogP contribution is 2.27. The Hall–Kier alpha value is -1.70. The van der Waals surface area contributed by atoms with Crippen molar-refractivity contribution in [3.8, 4) is 0 Å². The highest BCUT2D eigenvalue weighted by atomic mass is 16.6. The fourth-order valence-electron chi connectivity index (χ4n) is 2.52.